The number of nitrogens with one attached hydrogen (secondary N) is 1. The van der Waals surface area contributed by atoms with Gasteiger partial charge in [-0.15, -0.1) is 0 Å². The SMILES string of the molecule is CNC(CCS)c1cc(C(C)(C)C)ccc1OC. The van der Waals surface area contributed by atoms with Gasteiger partial charge in [0.05, 0.1) is 7.11 Å². The van der Waals surface area contributed by atoms with E-state index in [1.54, 1.807) is 7.11 Å². The molecular formula is C15H25NOS. The Morgan fingerprint density at radius 2 is 2.00 bits per heavy atom. The van der Waals surface area contributed by atoms with Crippen molar-refractivity contribution in [2.45, 2.75) is 38.6 Å². The zero-order valence-corrected chi connectivity index (χ0v) is 13.0. The first-order valence-electron chi connectivity index (χ1n) is 6.40. The molecule has 3 heteroatoms. The van der Waals surface area contributed by atoms with Crippen molar-refractivity contribution in [3.63, 3.8) is 0 Å². The van der Waals surface area contributed by atoms with E-state index in [-0.39, 0.29) is 5.41 Å². The number of ether oxygens (including phenoxy) is 1. The summed E-state index contributed by atoms with van der Waals surface area (Å²) < 4.78 is 5.48. The summed E-state index contributed by atoms with van der Waals surface area (Å²) in [6.07, 6.45) is 0.990. The Balaban J connectivity index is 3.20. The molecule has 1 atom stereocenters. The molecule has 0 bridgehead atoms. The quantitative estimate of drug-likeness (QED) is 0.796. The van der Waals surface area contributed by atoms with Crippen LogP contribution in [0.1, 0.15) is 44.4 Å². The maximum atomic E-state index is 5.48. The lowest BCUT2D eigenvalue weighted by Gasteiger charge is -2.24. The molecule has 2 nitrogen and oxygen atoms in total. The second-order valence-electron chi connectivity index (χ2n) is 5.56. The van der Waals surface area contributed by atoms with Crippen LogP contribution < -0.4 is 10.1 Å². The molecule has 0 aliphatic rings. The van der Waals surface area contributed by atoms with Crippen LogP contribution in [0.25, 0.3) is 0 Å². The molecule has 1 aromatic carbocycles. The largest absolute Gasteiger partial charge is 0.496 e. The van der Waals surface area contributed by atoms with E-state index in [0.29, 0.717) is 6.04 Å². The third kappa shape index (κ3) is 3.66. The van der Waals surface area contributed by atoms with Crippen molar-refractivity contribution >= 4 is 12.6 Å². The van der Waals surface area contributed by atoms with Crippen molar-refractivity contribution in [2.75, 3.05) is 19.9 Å². The summed E-state index contributed by atoms with van der Waals surface area (Å²) in [4.78, 5) is 0. The third-order valence-electron chi connectivity index (χ3n) is 3.24. The van der Waals surface area contributed by atoms with Gasteiger partial charge >= 0.3 is 0 Å². The molecule has 0 saturated carbocycles. The Labute approximate surface area is 117 Å². The van der Waals surface area contributed by atoms with Gasteiger partial charge < -0.3 is 10.1 Å². The zero-order chi connectivity index (χ0) is 13.8. The monoisotopic (exact) mass is 267 g/mol. The molecule has 102 valence electrons. The standard InChI is InChI=1S/C15H25NOS/c1-15(2,3)11-6-7-14(17-5)12(10-11)13(16-4)8-9-18/h6-7,10,13,16,18H,8-9H2,1-5H3. The van der Waals surface area contributed by atoms with Crippen LogP contribution >= 0.6 is 12.6 Å². The Hall–Kier alpha value is -0.670. The highest BCUT2D eigenvalue weighted by molar-refractivity contribution is 7.80. The molecule has 0 saturated heterocycles. The molecule has 1 N–H and O–H groups in total. The molecule has 1 rings (SSSR count). The van der Waals surface area contributed by atoms with Crippen LogP contribution in [-0.4, -0.2) is 19.9 Å². The minimum absolute atomic E-state index is 0.153. The van der Waals surface area contributed by atoms with Gasteiger partial charge in [0.15, 0.2) is 0 Å². The zero-order valence-electron chi connectivity index (χ0n) is 12.1. The topological polar surface area (TPSA) is 21.3 Å². The molecule has 0 amide bonds. The van der Waals surface area contributed by atoms with E-state index >= 15 is 0 Å². The maximum absolute atomic E-state index is 5.48. The van der Waals surface area contributed by atoms with E-state index in [4.69, 9.17) is 4.74 Å². The Kier molecular flexibility index (Phi) is 5.54. The van der Waals surface area contributed by atoms with Crippen molar-refractivity contribution in [3.05, 3.63) is 29.3 Å². The second-order valence-corrected chi connectivity index (χ2v) is 6.01. The second kappa shape index (κ2) is 6.48. The molecule has 0 aliphatic heterocycles. The van der Waals surface area contributed by atoms with Crippen molar-refractivity contribution < 1.29 is 4.74 Å². The van der Waals surface area contributed by atoms with Crippen molar-refractivity contribution in [1.82, 2.24) is 5.32 Å². The van der Waals surface area contributed by atoms with Crippen molar-refractivity contribution in [2.24, 2.45) is 0 Å². The van der Waals surface area contributed by atoms with Crippen LogP contribution in [0.2, 0.25) is 0 Å². The number of thiol groups is 1. The van der Waals surface area contributed by atoms with E-state index in [0.717, 1.165) is 17.9 Å². The van der Waals surface area contributed by atoms with Gasteiger partial charge in [-0.05, 0) is 42.3 Å². The molecule has 0 aliphatic carbocycles. The Morgan fingerprint density at radius 3 is 2.44 bits per heavy atom. The first-order valence-corrected chi connectivity index (χ1v) is 7.03. The molecule has 0 aromatic heterocycles. The fourth-order valence-electron chi connectivity index (χ4n) is 2.06. The number of hydrogen-bond donors (Lipinski definition) is 2. The summed E-state index contributed by atoms with van der Waals surface area (Å²) in [6, 6.07) is 6.76. The Bertz CT molecular complexity index is 385. The molecule has 0 spiro atoms. The van der Waals surface area contributed by atoms with Gasteiger partial charge in [-0.2, -0.15) is 12.6 Å². The number of hydrogen-bond acceptors (Lipinski definition) is 3. The molecule has 18 heavy (non-hydrogen) atoms. The minimum Gasteiger partial charge on any atom is -0.496 e. The van der Waals surface area contributed by atoms with E-state index < -0.39 is 0 Å². The summed E-state index contributed by atoms with van der Waals surface area (Å²) in [7, 11) is 3.71. The highest BCUT2D eigenvalue weighted by atomic mass is 32.1. The van der Waals surface area contributed by atoms with Crippen molar-refractivity contribution in [3.8, 4) is 5.75 Å². The fraction of sp³-hybridized carbons (Fsp3) is 0.600. The molecule has 0 radical (unpaired) electrons. The van der Waals surface area contributed by atoms with Crippen LogP contribution in [0.5, 0.6) is 5.75 Å². The highest BCUT2D eigenvalue weighted by Crippen LogP contribution is 2.32. The van der Waals surface area contributed by atoms with Gasteiger partial charge in [0.1, 0.15) is 5.75 Å². The van der Waals surface area contributed by atoms with Crippen LogP contribution in [0.4, 0.5) is 0 Å². The predicted octanol–water partition coefficient (Wildman–Crippen LogP) is 3.57. The average Bonchev–Trinajstić information content (AvgIpc) is 2.34. The third-order valence-corrected chi connectivity index (χ3v) is 3.50. The summed E-state index contributed by atoms with van der Waals surface area (Å²) in [5.41, 5.74) is 2.71. The maximum Gasteiger partial charge on any atom is 0.123 e. The van der Waals surface area contributed by atoms with Gasteiger partial charge in [0, 0.05) is 11.6 Å². The van der Waals surface area contributed by atoms with Crippen LogP contribution in [-0.2, 0) is 5.41 Å². The smallest absolute Gasteiger partial charge is 0.123 e. The molecule has 0 heterocycles. The average molecular weight is 267 g/mol. The molecule has 1 unspecified atom stereocenters. The minimum atomic E-state index is 0.153. The van der Waals surface area contributed by atoms with E-state index in [1.807, 2.05) is 7.05 Å². The lowest BCUT2D eigenvalue weighted by Crippen LogP contribution is -2.19. The molecule has 1 aromatic rings. The van der Waals surface area contributed by atoms with Crippen molar-refractivity contribution in [1.29, 1.82) is 0 Å². The van der Waals surface area contributed by atoms with Gasteiger partial charge in [-0.1, -0.05) is 26.8 Å². The lowest BCUT2D eigenvalue weighted by molar-refractivity contribution is 0.399. The van der Waals surface area contributed by atoms with E-state index in [1.165, 1.54) is 11.1 Å². The number of methoxy groups -OCH3 is 1. The lowest BCUT2D eigenvalue weighted by atomic mass is 9.85. The number of benzene rings is 1. The molecule has 0 fully saturated rings. The van der Waals surface area contributed by atoms with Gasteiger partial charge in [0.2, 0.25) is 0 Å². The normalized spacial score (nSPS) is 13.4. The summed E-state index contributed by atoms with van der Waals surface area (Å²) >= 11 is 4.33. The first-order chi connectivity index (χ1) is 8.43. The Morgan fingerprint density at radius 1 is 1.33 bits per heavy atom. The molecular weight excluding hydrogens is 242 g/mol. The van der Waals surface area contributed by atoms with Crippen LogP contribution in [0.3, 0.4) is 0 Å². The number of rotatable bonds is 5. The van der Waals surface area contributed by atoms with Crippen LogP contribution in [0, 0.1) is 0 Å². The summed E-state index contributed by atoms with van der Waals surface area (Å²) in [6.45, 7) is 6.68. The highest BCUT2D eigenvalue weighted by Gasteiger charge is 2.19. The van der Waals surface area contributed by atoms with Gasteiger partial charge in [-0.25, -0.2) is 0 Å². The van der Waals surface area contributed by atoms with Gasteiger partial charge in [0.25, 0.3) is 0 Å². The van der Waals surface area contributed by atoms with E-state index in [9.17, 15) is 0 Å². The first kappa shape index (κ1) is 15.4. The fourth-order valence-corrected chi connectivity index (χ4v) is 2.32. The predicted molar refractivity (Wildman–Crippen MR) is 82.0 cm³/mol. The summed E-state index contributed by atoms with van der Waals surface area (Å²) in [5, 5.41) is 3.34. The van der Waals surface area contributed by atoms with Gasteiger partial charge in [-0.3, -0.25) is 0 Å². The van der Waals surface area contributed by atoms with Crippen LogP contribution in [0.15, 0.2) is 18.2 Å². The van der Waals surface area contributed by atoms with E-state index in [2.05, 4.69) is 56.9 Å². The summed E-state index contributed by atoms with van der Waals surface area (Å²) in [5.74, 6) is 1.80.